The Morgan fingerprint density at radius 3 is 2.48 bits per heavy atom. The number of nitrogens with zero attached hydrogens (tertiary/aromatic N) is 3. The van der Waals surface area contributed by atoms with Crippen molar-refractivity contribution in [2.45, 2.75) is 6.42 Å². The van der Waals surface area contributed by atoms with Gasteiger partial charge >= 0.3 is 0 Å². The highest BCUT2D eigenvalue weighted by Gasteiger charge is 2.08. The van der Waals surface area contributed by atoms with Crippen molar-refractivity contribution in [3.63, 3.8) is 0 Å². The second kappa shape index (κ2) is 6.62. The van der Waals surface area contributed by atoms with Gasteiger partial charge in [0.05, 0.1) is 5.52 Å². The van der Waals surface area contributed by atoms with Gasteiger partial charge in [-0.25, -0.2) is 9.97 Å². The summed E-state index contributed by atoms with van der Waals surface area (Å²) in [4.78, 5) is 11.4. The number of likely N-dealkylation sites (N-methyl/N-ethyl adjacent to an activating group) is 1. The minimum Gasteiger partial charge on any atom is -0.508 e. The monoisotopic (exact) mass is 308 g/mol. The number of hydrogen-bond acceptors (Lipinski definition) is 5. The number of hydrogen-bond donors (Lipinski definition) is 2. The van der Waals surface area contributed by atoms with Gasteiger partial charge in [-0.1, -0.05) is 12.1 Å². The minimum absolute atomic E-state index is 0.245. The molecule has 5 nitrogen and oxygen atoms in total. The molecule has 0 aliphatic carbocycles. The number of aromatic hydroxyl groups is 1. The fourth-order valence-corrected chi connectivity index (χ4v) is 2.34. The number of benzene rings is 2. The number of aromatic nitrogens is 2. The second-order valence-electron chi connectivity index (χ2n) is 5.73. The molecule has 2 N–H and O–H groups in total. The number of phenolic OH excluding ortho intramolecular Hbond substituents is 1. The van der Waals surface area contributed by atoms with Gasteiger partial charge in [0.1, 0.15) is 17.4 Å². The van der Waals surface area contributed by atoms with Crippen LogP contribution in [0.2, 0.25) is 0 Å². The molecule has 3 rings (SSSR count). The molecule has 0 aliphatic heterocycles. The number of para-hydroxylation sites is 1. The molecular weight excluding hydrogens is 288 g/mol. The standard InChI is InChI=1S/C18H20N4O/c1-22(2)12-11-17-20-16-6-4-3-5-15(16)18(21-17)19-13-7-9-14(23)10-8-13/h3-10,23H,11-12H2,1-2H3,(H,19,20,21). The molecular formula is C18H20N4O. The van der Waals surface area contributed by atoms with Crippen LogP contribution in [0, 0.1) is 0 Å². The molecule has 0 bridgehead atoms. The summed E-state index contributed by atoms with van der Waals surface area (Å²) in [5, 5.41) is 13.7. The second-order valence-corrected chi connectivity index (χ2v) is 5.73. The predicted molar refractivity (Wildman–Crippen MR) is 93.2 cm³/mol. The summed E-state index contributed by atoms with van der Waals surface area (Å²) in [7, 11) is 4.08. The van der Waals surface area contributed by atoms with Crippen LogP contribution < -0.4 is 5.32 Å². The van der Waals surface area contributed by atoms with Crippen molar-refractivity contribution in [2.24, 2.45) is 0 Å². The molecule has 0 amide bonds. The summed E-state index contributed by atoms with van der Waals surface area (Å²) < 4.78 is 0. The summed E-state index contributed by atoms with van der Waals surface area (Å²) in [6, 6.07) is 14.9. The topological polar surface area (TPSA) is 61.3 Å². The molecule has 0 unspecified atom stereocenters. The van der Waals surface area contributed by atoms with Crippen LogP contribution in [-0.4, -0.2) is 40.6 Å². The Hall–Kier alpha value is -2.66. The molecule has 0 fully saturated rings. The van der Waals surface area contributed by atoms with Crippen LogP contribution in [-0.2, 0) is 6.42 Å². The van der Waals surface area contributed by atoms with Crippen LogP contribution >= 0.6 is 0 Å². The molecule has 23 heavy (non-hydrogen) atoms. The van der Waals surface area contributed by atoms with E-state index >= 15 is 0 Å². The first-order valence-electron chi connectivity index (χ1n) is 7.58. The highest BCUT2D eigenvalue weighted by molar-refractivity contribution is 5.90. The van der Waals surface area contributed by atoms with E-state index in [1.54, 1.807) is 12.1 Å². The SMILES string of the molecule is CN(C)CCc1nc(Nc2ccc(O)cc2)c2ccccc2n1. The fourth-order valence-electron chi connectivity index (χ4n) is 2.34. The van der Waals surface area contributed by atoms with Crippen molar-refractivity contribution in [2.75, 3.05) is 26.0 Å². The van der Waals surface area contributed by atoms with Gasteiger partial charge in [-0.2, -0.15) is 0 Å². The van der Waals surface area contributed by atoms with Gasteiger partial charge in [0, 0.05) is 24.0 Å². The molecule has 1 heterocycles. The highest BCUT2D eigenvalue weighted by Crippen LogP contribution is 2.24. The van der Waals surface area contributed by atoms with Crippen molar-refractivity contribution < 1.29 is 5.11 Å². The predicted octanol–water partition coefficient (Wildman–Crippen LogP) is 3.18. The van der Waals surface area contributed by atoms with Crippen LogP contribution in [0.15, 0.2) is 48.5 Å². The summed E-state index contributed by atoms with van der Waals surface area (Å²) in [6.45, 7) is 0.900. The molecule has 0 saturated heterocycles. The number of nitrogens with one attached hydrogen (secondary N) is 1. The van der Waals surface area contributed by atoms with Crippen LogP contribution in [0.4, 0.5) is 11.5 Å². The van der Waals surface area contributed by atoms with Gasteiger partial charge in [-0.05, 0) is 50.5 Å². The number of rotatable bonds is 5. The van der Waals surface area contributed by atoms with Crippen LogP contribution in [0.25, 0.3) is 10.9 Å². The van der Waals surface area contributed by atoms with E-state index in [1.165, 1.54) is 0 Å². The average Bonchev–Trinajstić information content (AvgIpc) is 2.55. The number of phenols is 1. The molecule has 0 spiro atoms. The third-order valence-electron chi connectivity index (χ3n) is 3.56. The molecule has 1 aromatic heterocycles. The van der Waals surface area contributed by atoms with Crippen molar-refractivity contribution >= 4 is 22.4 Å². The molecule has 0 radical (unpaired) electrons. The average molecular weight is 308 g/mol. The lowest BCUT2D eigenvalue weighted by atomic mass is 10.2. The lowest BCUT2D eigenvalue weighted by Gasteiger charge is -2.12. The Kier molecular flexibility index (Phi) is 4.39. The van der Waals surface area contributed by atoms with Gasteiger partial charge < -0.3 is 15.3 Å². The first-order chi connectivity index (χ1) is 11.1. The Morgan fingerprint density at radius 2 is 1.74 bits per heavy atom. The van der Waals surface area contributed by atoms with Gasteiger partial charge in [0.25, 0.3) is 0 Å². The van der Waals surface area contributed by atoms with E-state index in [0.29, 0.717) is 0 Å². The molecule has 0 aliphatic rings. The maximum Gasteiger partial charge on any atom is 0.142 e. The third kappa shape index (κ3) is 3.76. The van der Waals surface area contributed by atoms with E-state index in [9.17, 15) is 5.11 Å². The first kappa shape index (κ1) is 15.2. The van der Waals surface area contributed by atoms with Crippen molar-refractivity contribution in [3.05, 3.63) is 54.4 Å². The van der Waals surface area contributed by atoms with Gasteiger partial charge in [-0.3, -0.25) is 0 Å². The lowest BCUT2D eigenvalue weighted by molar-refractivity contribution is 0.410. The Bertz CT molecular complexity index is 800. The highest BCUT2D eigenvalue weighted by atomic mass is 16.3. The smallest absolute Gasteiger partial charge is 0.142 e. The van der Waals surface area contributed by atoms with Crippen LogP contribution in [0.5, 0.6) is 5.75 Å². The zero-order valence-electron chi connectivity index (χ0n) is 13.3. The van der Waals surface area contributed by atoms with E-state index in [0.717, 1.165) is 41.2 Å². The van der Waals surface area contributed by atoms with E-state index in [4.69, 9.17) is 0 Å². The normalized spacial score (nSPS) is 11.1. The van der Waals surface area contributed by atoms with E-state index in [-0.39, 0.29) is 5.75 Å². The van der Waals surface area contributed by atoms with Crippen molar-refractivity contribution in [1.82, 2.24) is 14.9 Å². The zero-order valence-corrected chi connectivity index (χ0v) is 13.3. The maximum absolute atomic E-state index is 9.40. The fraction of sp³-hybridized carbons (Fsp3) is 0.222. The lowest BCUT2D eigenvalue weighted by Crippen LogP contribution is -2.16. The zero-order chi connectivity index (χ0) is 16.2. The summed E-state index contributed by atoms with van der Waals surface area (Å²) >= 11 is 0. The van der Waals surface area contributed by atoms with Crippen molar-refractivity contribution in [1.29, 1.82) is 0 Å². The molecule has 3 aromatic rings. The van der Waals surface area contributed by atoms with Crippen molar-refractivity contribution in [3.8, 4) is 5.75 Å². The maximum atomic E-state index is 9.40. The van der Waals surface area contributed by atoms with E-state index in [2.05, 4.69) is 20.2 Å². The minimum atomic E-state index is 0.245. The van der Waals surface area contributed by atoms with E-state index in [1.807, 2.05) is 50.5 Å². The number of anilines is 2. The molecule has 2 aromatic carbocycles. The molecule has 5 heteroatoms. The molecule has 118 valence electrons. The van der Waals surface area contributed by atoms with Gasteiger partial charge in [0.15, 0.2) is 0 Å². The van der Waals surface area contributed by atoms with Gasteiger partial charge in [0.2, 0.25) is 0 Å². The summed E-state index contributed by atoms with van der Waals surface area (Å²) in [5.74, 6) is 1.85. The molecule has 0 saturated carbocycles. The quantitative estimate of drug-likeness (QED) is 0.709. The largest absolute Gasteiger partial charge is 0.508 e. The van der Waals surface area contributed by atoms with Crippen LogP contribution in [0.3, 0.4) is 0 Å². The number of fused-ring (bicyclic) bond motifs is 1. The first-order valence-corrected chi connectivity index (χ1v) is 7.58. The Balaban J connectivity index is 1.97. The Morgan fingerprint density at radius 1 is 1.00 bits per heavy atom. The summed E-state index contributed by atoms with van der Waals surface area (Å²) in [5.41, 5.74) is 1.81. The third-order valence-corrected chi connectivity index (χ3v) is 3.56. The Labute approximate surface area is 135 Å². The van der Waals surface area contributed by atoms with Gasteiger partial charge in [-0.15, -0.1) is 0 Å². The van der Waals surface area contributed by atoms with Crippen LogP contribution in [0.1, 0.15) is 5.82 Å². The van der Waals surface area contributed by atoms with E-state index < -0.39 is 0 Å². The summed E-state index contributed by atoms with van der Waals surface area (Å²) in [6.07, 6.45) is 0.794. The molecule has 0 atom stereocenters.